The van der Waals surface area contributed by atoms with E-state index in [1.807, 2.05) is 0 Å². The maximum atomic E-state index is 13.7. The Bertz CT molecular complexity index is 412. The number of piperidine rings is 1. The Morgan fingerprint density at radius 1 is 1.53 bits per heavy atom. The van der Waals surface area contributed by atoms with Gasteiger partial charge >= 0.3 is 0 Å². The molecule has 1 aromatic heterocycles. The first-order valence-electron chi connectivity index (χ1n) is 6.90. The number of anilines is 2. The molecule has 0 amide bonds. The molecule has 2 heterocycles. The number of halogens is 1. The van der Waals surface area contributed by atoms with Gasteiger partial charge in [0.2, 0.25) is 5.95 Å². The number of likely N-dealkylation sites (tertiary alicyclic amines) is 1. The van der Waals surface area contributed by atoms with Gasteiger partial charge in [-0.2, -0.15) is 4.98 Å². The minimum Gasteiger partial charge on any atom is -0.363 e. The topological polar surface area (TPSA) is 53.1 Å². The first kappa shape index (κ1) is 14.0. The molecule has 0 aromatic carbocycles. The molecule has 1 aliphatic heterocycles. The molecule has 19 heavy (non-hydrogen) atoms. The Balaban J connectivity index is 2.01. The SMILES string of the molecule is CCCNc1ncc(F)c(NC2CCCN(C)C2)n1. The molecule has 1 aliphatic rings. The molecule has 1 atom stereocenters. The van der Waals surface area contributed by atoms with Crippen LogP contribution in [0.1, 0.15) is 26.2 Å². The minimum absolute atomic E-state index is 0.252. The normalized spacial score (nSPS) is 20.3. The Morgan fingerprint density at radius 3 is 3.11 bits per heavy atom. The van der Waals surface area contributed by atoms with Gasteiger partial charge in [-0.1, -0.05) is 6.92 Å². The largest absolute Gasteiger partial charge is 0.363 e. The number of aromatic nitrogens is 2. The number of rotatable bonds is 5. The third-order valence-corrected chi connectivity index (χ3v) is 3.24. The summed E-state index contributed by atoms with van der Waals surface area (Å²) >= 11 is 0. The molecule has 0 spiro atoms. The highest BCUT2D eigenvalue weighted by molar-refractivity contribution is 5.42. The smallest absolute Gasteiger partial charge is 0.224 e. The van der Waals surface area contributed by atoms with Crippen LogP contribution in [-0.4, -0.2) is 47.6 Å². The van der Waals surface area contributed by atoms with Crippen LogP contribution < -0.4 is 10.6 Å². The lowest BCUT2D eigenvalue weighted by Gasteiger charge is -2.30. The zero-order chi connectivity index (χ0) is 13.7. The summed E-state index contributed by atoms with van der Waals surface area (Å²) in [4.78, 5) is 10.4. The van der Waals surface area contributed by atoms with Gasteiger partial charge in [0, 0.05) is 19.1 Å². The molecule has 1 aromatic rings. The highest BCUT2D eigenvalue weighted by Crippen LogP contribution is 2.17. The molecule has 2 rings (SSSR count). The van der Waals surface area contributed by atoms with Crippen LogP contribution in [0.15, 0.2) is 6.20 Å². The summed E-state index contributed by atoms with van der Waals surface area (Å²) in [5, 5.41) is 6.26. The summed E-state index contributed by atoms with van der Waals surface area (Å²) in [6.07, 6.45) is 4.38. The Labute approximate surface area is 113 Å². The van der Waals surface area contributed by atoms with Crippen LogP contribution in [-0.2, 0) is 0 Å². The van der Waals surface area contributed by atoms with E-state index in [1.54, 1.807) is 0 Å². The van der Waals surface area contributed by atoms with Gasteiger partial charge in [-0.15, -0.1) is 0 Å². The second-order valence-corrected chi connectivity index (χ2v) is 5.06. The molecule has 5 nitrogen and oxygen atoms in total. The van der Waals surface area contributed by atoms with E-state index in [4.69, 9.17) is 0 Å². The maximum absolute atomic E-state index is 13.7. The first-order chi connectivity index (χ1) is 9.19. The average Bonchev–Trinajstić information content (AvgIpc) is 2.40. The summed E-state index contributed by atoms with van der Waals surface area (Å²) in [6, 6.07) is 0.252. The summed E-state index contributed by atoms with van der Waals surface area (Å²) < 4.78 is 13.7. The molecule has 0 radical (unpaired) electrons. The second kappa shape index (κ2) is 6.65. The van der Waals surface area contributed by atoms with E-state index in [0.717, 1.165) is 38.9 Å². The number of hydrogen-bond acceptors (Lipinski definition) is 5. The third-order valence-electron chi connectivity index (χ3n) is 3.24. The molecule has 2 N–H and O–H groups in total. The molecule has 0 bridgehead atoms. The maximum Gasteiger partial charge on any atom is 0.224 e. The molecular weight excluding hydrogens is 245 g/mol. The van der Waals surface area contributed by atoms with E-state index in [9.17, 15) is 4.39 Å². The molecule has 106 valence electrons. The Kier molecular flexibility index (Phi) is 4.90. The number of hydrogen-bond donors (Lipinski definition) is 2. The van der Waals surface area contributed by atoms with Gasteiger partial charge in [0.1, 0.15) is 0 Å². The van der Waals surface area contributed by atoms with Crippen LogP contribution >= 0.6 is 0 Å². The van der Waals surface area contributed by atoms with Gasteiger partial charge < -0.3 is 15.5 Å². The van der Waals surface area contributed by atoms with Gasteiger partial charge in [-0.3, -0.25) is 0 Å². The Morgan fingerprint density at radius 2 is 2.37 bits per heavy atom. The van der Waals surface area contributed by atoms with Crippen LogP contribution in [0.3, 0.4) is 0 Å². The van der Waals surface area contributed by atoms with Crippen molar-refractivity contribution in [3.8, 4) is 0 Å². The number of nitrogens with zero attached hydrogens (tertiary/aromatic N) is 3. The highest BCUT2D eigenvalue weighted by Gasteiger charge is 2.19. The van der Waals surface area contributed by atoms with E-state index in [1.165, 1.54) is 6.20 Å². The molecule has 1 unspecified atom stereocenters. The van der Waals surface area contributed by atoms with Crippen molar-refractivity contribution in [3.63, 3.8) is 0 Å². The molecular formula is C13H22FN5. The van der Waals surface area contributed by atoms with Crippen molar-refractivity contribution in [1.82, 2.24) is 14.9 Å². The van der Waals surface area contributed by atoms with Crippen molar-refractivity contribution in [2.24, 2.45) is 0 Å². The van der Waals surface area contributed by atoms with Crippen molar-refractivity contribution in [2.75, 3.05) is 37.3 Å². The monoisotopic (exact) mass is 267 g/mol. The van der Waals surface area contributed by atoms with Crippen LogP contribution in [0.25, 0.3) is 0 Å². The summed E-state index contributed by atoms with van der Waals surface area (Å²) in [5.74, 6) is 0.388. The van der Waals surface area contributed by atoms with Crippen LogP contribution in [0.5, 0.6) is 0 Å². The van der Waals surface area contributed by atoms with Gasteiger partial charge in [0.15, 0.2) is 11.6 Å². The molecule has 1 saturated heterocycles. The zero-order valence-electron chi connectivity index (χ0n) is 11.6. The third kappa shape index (κ3) is 4.02. The minimum atomic E-state index is -0.393. The lowest BCUT2D eigenvalue weighted by atomic mass is 10.1. The molecule has 6 heteroatoms. The van der Waals surface area contributed by atoms with Gasteiger partial charge in [-0.25, -0.2) is 9.37 Å². The molecule has 0 saturated carbocycles. The van der Waals surface area contributed by atoms with E-state index in [-0.39, 0.29) is 6.04 Å². The quantitative estimate of drug-likeness (QED) is 0.854. The molecule has 0 aliphatic carbocycles. The summed E-state index contributed by atoms with van der Waals surface area (Å²) in [7, 11) is 2.08. The highest BCUT2D eigenvalue weighted by atomic mass is 19.1. The lowest BCUT2D eigenvalue weighted by molar-refractivity contribution is 0.260. The van der Waals surface area contributed by atoms with Crippen molar-refractivity contribution in [1.29, 1.82) is 0 Å². The standard InChI is InChI=1S/C13H22FN5/c1-3-6-15-13-16-8-11(14)12(18-13)17-10-5-4-7-19(2)9-10/h8,10H,3-7,9H2,1-2H3,(H2,15,16,17,18). The van der Waals surface area contributed by atoms with Crippen LogP contribution in [0.4, 0.5) is 16.2 Å². The van der Waals surface area contributed by atoms with E-state index in [2.05, 4.69) is 39.5 Å². The van der Waals surface area contributed by atoms with Gasteiger partial charge in [0.05, 0.1) is 6.20 Å². The number of likely N-dealkylation sites (N-methyl/N-ethyl adjacent to an activating group) is 1. The van der Waals surface area contributed by atoms with Crippen molar-refractivity contribution < 1.29 is 4.39 Å². The second-order valence-electron chi connectivity index (χ2n) is 5.06. The van der Waals surface area contributed by atoms with Crippen molar-refractivity contribution in [3.05, 3.63) is 12.0 Å². The fourth-order valence-corrected chi connectivity index (χ4v) is 2.27. The van der Waals surface area contributed by atoms with Gasteiger partial charge in [0.25, 0.3) is 0 Å². The predicted octanol–water partition coefficient (Wildman–Crippen LogP) is 1.94. The van der Waals surface area contributed by atoms with Crippen LogP contribution in [0.2, 0.25) is 0 Å². The predicted molar refractivity (Wildman–Crippen MR) is 74.9 cm³/mol. The van der Waals surface area contributed by atoms with Crippen molar-refractivity contribution >= 4 is 11.8 Å². The van der Waals surface area contributed by atoms with E-state index < -0.39 is 5.82 Å². The summed E-state index contributed by atoms with van der Waals surface area (Å²) in [5.41, 5.74) is 0. The first-order valence-corrected chi connectivity index (χ1v) is 6.90. The molecule has 1 fully saturated rings. The number of nitrogens with one attached hydrogen (secondary N) is 2. The average molecular weight is 267 g/mol. The van der Waals surface area contributed by atoms with E-state index >= 15 is 0 Å². The van der Waals surface area contributed by atoms with Gasteiger partial charge in [-0.05, 0) is 32.9 Å². The van der Waals surface area contributed by atoms with E-state index in [0.29, 0.717) is 11.8 Å². The van der Waals surface area contributed by atoms with Crippen molar-refractivity contribution in [2.45, 2.75) is 32.2 Å². The van der Waals surface area contributed by atoms with Crippen LogP contribution in [0, 0.1) is 5.82 Å². The zero-order valence-corrected chi connectivity index (χ0v) is 11.6. The fourth-order valence-electron chi connectivity index (χ4n) is 2.27. The lowest BCUT2D eigenvalue weighted by Crippen LogP contribution is -2.40. The summed E-state index contributed by atoms with van der Waals surface area (Å²) in [6.45, 7) is 4.87. The Hall–Kier alpha value is -1.43. The fraction of sp³-hybridized carbons (Fsp3) is 0.692.